The van der Waals surface area contributed by atoms with Crippen LogP contribution in [0.4, 0.5) is 11.6 Å². The average molecular weight is 546 g/mol. The Hall–Kier alpha value is -3.36. The SMILES string of the molecule is CC1=C(C(=O)Nc2ccccc2C)[C@@H](c2ccc(Br)cc2)n2nc(SCc3ccccc3)nc2N1. The lowest BCUT2D eigenvalue weighted by atomic mass is 9.95. The molecule has 0 saturated heterocycles. The van der Waals surface area contributed by atoms with Gasteiger partial charge in [-0.15, -0.1) is 5.10 Å². The Morgan fingerprint density at radius 3 is 2.49 bits per heavy atom. The van der Waals surface area contributed by atoms with E-state index in [1.54, 1.807) is 11.8 Å². The Bertz CT molecular complexity index is 1400. The lowest BCUT2D eigenvalue weighted by molar-refractivity contribution is -0.113. The van der Waals surface area contributed by atoms with E-state index in [9.17, 15) is 4.79 Å². The predicted octanol–water partition coefficient (Wildman–Crippen LogP) is 6.57. The van der Waals surface area contributed by atoms with Crippen molar-refractivity contribution in [3.05, 3.63) is 111 Å². The maximum atomic E-state index is 13.6. The van der Waals surface area contributed by atoms with Crippen molar-refractivity contribution in [3.63, 3.8) is 0 Å². The molecule has 4 aromatic rings. The van der Waals surface area contributed by atoms with Gasteiger partial charge in [0.25, 0.3) is 5.91 Å². The highest BCUT2D eigenvalue weighted by Crippen LogP contribution is 2.37. The second-order valence-corrected chi connectivity index (χ2v) is 10.2. The molecule has 35 heavy (non-hydrogen) atoms. The van der Waals surface area contributed by atoms with Gasteiger partial charge in [-0.3, -0.25) is 4.79 Å². The second kappa shape index (κ2) is 10.1. The van der Waals surface area contributed by atoms with Crippen molar-refractivity contribution in [2.75, 3.05) is 10.6 Å². The minimum Gasteiger partial charge on any atom is -0.328 e. The highest BCUT2D eigenvalue weighted by molar-refractivity contribution is 9.10. The zero-order valence-corrected chi connectivity index (χ0v) is 21.7. The summed E-state index contributed by atoms with van der Waals surface area (Å²) in [6.45, 7) is 3.89. The van der Waals surface area contributed by atoms with E-state index in [0.717, 1.165) is 32.7 Å². The minimum atomic E-state index is -0.415. The molecule has 1 aliphatic rings. The van der Waals surface area contributed by atoms with Crippen molar-refractivity contribution >= 4 is 45.2 Å². The molecule has 1 atom stereocenters. The van der Waals surface area contributed by atoms with Gasteiger partial charge in [0.05, 0.1) is 5.57 Å². The lowest BCUT2D eigenvalue weighted by Crippen LogP contribution is -2.31. The number of hydrogen-bond donors (Lipinski definition) is 2. The van der Waals surface area contributed by atoms with Crippen LogP contribution >= 0.6 is 27.7 Å². The molecular weight excluding hydrogens is 522 g/mol. The summed E-state index contributed by atoms with van der Waals surface area (Å²) >= 11 is 5.09. The fourth-order valence-corrected chi connectivity index (χ4v) is 5.11. The second-order valence-electron chi connectivity index (χ2n) is 8.32. The number of aryl methyl sites for hydroxylation is 1. The largest absolute Gasteiger partial charge is 0.328 e. The summed E-state index contributed by atoms with van der Waals surface area (Å²) in [7, 11) is 0. The summed E-state index contributed by atoms with van der Waals surface area (Å²) in [6, 6.07) is 25.6. The van der Waals surface area contributed by atoms with Crippen molar-refractivity contribution in [1.29, 1.82) is 0 Å². The van der Waals surface area contributed by atoms with Gasteiger partial charge < -0.3 is 10.6 Å². The van der Waals surface area contributed by atoms with Crippen molar-refractivity contribution in [1.82, 2.24) is 14.8 Å². The molecule has 1 aromatic heterocycles. The molecule has 1 amide bonds. The quantitative estimate of drug-likeness (QED) is 0.268. The number of benzene rings is 3. The molecule has 0 spiro atoms. The molecule has 0 unspecified atom stereocenters. The molecule has 3 aromatic carbocycles. The summed E-state index contributed by atoms with van der Waals surface area (Å²) in [4.78, 5) is 18.4. The summed E-state index contributed by atoms with van der Waals surface area (Å²) in [5.41, 5.74) is 5.31. The summed E-state index contributed by atoms with van der Waals surface area (Å²) in [6.07, 6.45) is 0. The Morgan fingerprint density at radius 1 is 1.03 bits per heavy atom. The minimum absolute atomic E-state index is 0.170. The van der Waals surface area contributed by atoms with Gasteiger partial charge in [0, 0.05) is 21.6 Å². The predicted molar refractivity (Wildman–Crippen MR) is 144 cm³/mol. The molecule has 0 radical (unpaired) electrons. The number of rotatable bonds is 6. The van der Waals surface area contributed by atoms with E-state index in [2.05, 4.69) is 38.7 Å². The Labute approximate surface area is 217 Å². The van der Waals surface area contributed by atoms with Gasteiger partial charge >= 0.3 is 0 Å². The van der Waals surface area contributed by atoms with Gasteiger partial charge in [0.1, 0.15) is 6.04 Å². The Morgan fingerprint density at radius 2 is 1.74 bits per heavy atom. The summed E-state index contributed by atoms with van der Waals surface area (Å²) in [5, 5.41) is 11.9. The molecule has 2 heterocycles. The normalized spacial score (nSPS) is 14.9. The molecule has 8 heteroatoms. The van der Waals surface area contributed by atoms with E-state index in [1.807, 2.05) is 85.3 Å². The van der Waals surface area contributed by atoms with Crippen LogP contribution in [0.3, 0.4) is 0 Å². The molecule has 6 nitrogen and oxygen atoms in total. The van der Waals surface area contributed by atoms with Crippen LogP contribution in [0.5, 0.6) is 0 Å². The third-order valence-corrected chi connectivity index (χ3v) is 7.31. The van der Waals surface area contributed by atoms with Gasteiger partial charge in [-0.05, 0) is 48.7 Å². The molecule has 0 bridgehead atoms. The highest BCUT2D eigenvalue weighted by Gasteiger charge is 2.34. The first-order valence-electron chi connectivity index (χ1n) is 11.2. The van der Waals surface area contributed by atoms with Crippen molar-refractivity contribution in [2.24, 2.45) is 0 Å². The first-order chi connectivity index (χ1) is 17.0. The number of thioether (sulfide) groups is 1. The van der Waals surface area contributed by atoms with Crippen molar-refractivity contribution in [2.45, 2.75) is 30.8 Å². The fraction of sp³-hybridized carbons (Fsp3) is 0.148. The van der Waals surface area contributed by atoms with Gasteiger partial charge in [0.15, 0.2) is 0 Å². The van der Waals surface area contributed by atoms with E-state index in [1.165, 1.54) is 5.56 Å². The topological polar surface area (TPSA) is 71.8 Å². The third-order valence-electron chi connectivity index (χ3n) is 5.87. The Kier molecular flexibility index (Phi) is 6.74. The van der Waals surface area contributed by atoms with Crippen LogP contribution in [-0.2, 0) is 10.5 Å². The van der Waals surface area contributed by atoms with Gasteiger partial charge in [0.2, 0.25) is 11.1 Å². The van der Waals surface area contributed by atoms with Crippen LogP contribution in [0.1, 0.15) is 29.7 Å². The van der Waals surface area contributed by atoms with E-state index in [-0.39, 0.29) is 5.91 Å². The number of fused-ring (bicyclic) bond motifs is 1. The monoisotopic (exact) mass is 545 g/mol. The number of para-hydroxylation sites is 1. The molecule has 2 N–H and O–H groups in total. The van der Waals surface area contributed by atoms with Gasteiger partial charge in [-0.2, -0.15) is 4.98 Å². The maximum absolute atomic E-state index is 13.6. The highest BCUT2D eigenvalue weighted by atomic mass is 79.9. The maximum Gasteiger partial charge on any atom is 0.255 e. The molecular formula is C27H24BrN5OS. The summed E-state index contributed by atoms with van der Waals surface area (Å²) < 4.78 is 2.79. The standard InChI is InChI=1S/C27H24BrN5OS/c1-17-8-6-7-11-22(17)30-25(34)23-18(2)29-26-31-27(35-16-19-9-4-3-5-10-19)32-33(26)24(23)20-12-14-21(28)15-13-20/h3-15,24H,16H2,1-2H3,(H,30,34)(H,29,31,32)/t24-/m1/s1. The lowest BCUT2D eigenvalue weighted by Gasteiger charge is -2.28. The van der Waals surface area contributed by atoms with Crippen LogP contribution in [-0.4, -0.2) is 20.7 Å². The van der Waals surface area contributed by atoms with Crippen LogP contribution in [0.15, 0.2) is 99.8 Å². The molecule has 1 aliphatic heterocycles. The summed E-state index contributed by atoms with van der Waals surface area (Å²) in [5.74, 6) is 1.22. The first-order valence-corrected chi connectivity index (χ1v) is 13.0. The van der Waals surface area contributed by atoms with Crippen molar-refractivity contribution < 1.29 is 4.79 Å². The number of amides is 1. The van der Waals surface area contributed by atoms with E-state index in [0.29, 0.717) is 16.7 Å². The van der Waals surface area contributed by atoms with Gasteiger partial charge in [-0.25, -0.2) is 4.68 Å². The van der Waals surface area contributed by atoms with E-state index < -0.39 is 6.04 Å². The first kappa shape index (κ1) is 23.4. The van der Waals surface area contributed by atoms with Crippen LogP contribution < -0.4 is 10.6 Å². The van der Waals surface area contributed by atoms with Gasteiger partial charge in [-0.1, -0.05) is 88.4 Å². The van der Waals surface area contributed by atoms with E-state index >= 15 is 0 Å². The number of aromatic nitrogens is 3. The fourth-order valence-electron chi connectivity index (χ4n) is 4.06. The number of anilines is 2. The van der Waals surface area contributed by atoms with Crippen LogP contribution in [0.2, 0.25) is 0 Å². The molecule has 5 rings (SSSR count). The number of allylic oxidation sites excluding steroid dienone is 1. The smallest absolute Gasteiger partial charge is 0.255 e. The molecule has 0 aliphatic carbocycles. The number of carbonyl (C=O) groups excluding carboxylic acids is 1. The Balaban J connectivity index is 1.50. The number of nitrogens with one attached hydrogen (secondary N) is 2. The van der Waals surface area contributed by atoms with Crippen molar-refractivity contribution in [3.8, 4) is 0 Å². The van der Waals surface area contributed by atoms with E-state index in [4.69, 9.17) is 10.1 Å². The number of halogens is 1. The molecule has 0 saturated carbocycles. The van der Waals surface area contributed by atoms with Crippen LogP contribution in [0, 0.1) is 6.92 Å². The van der Waals surface area contributed by atoms with Crippen LogP contribution in [0.25, 0.3) is 0 Å². The molecule has 0 fully saturated rings. The zero-order valence-electron chi connectivity index (χ0n) is 19.3. The number of carbonyl (C=O) groups is 1. The average Bonchev–Trinajstić information content (AvgIpc) is 3.27. The zero-order chi connectivity index (χ0) is 24.4. The number of nitrogens with zero attached hydrogens (tertiary/aromatic N) is 3. The third kappa shape index (κ3) is 5.04. The number of hydrogen-bond acceptors (Lipinski definition) is 5. The molecule has 176 valence electrons.